The maximum Gasteiger partial charge on any atom is 0.338 e. The van der Waals surface area contributed by atoms with Crippen LogP contribution in [0.15, 0.2) is 11.1 Å². The van der Waals surface area contributed by atoms with Gasteiger partial charge < -0.3 is 21.1 Å². The number of nitrogens with zero attached hydrogens (tertiary/aromatic N) is 3. The molecule has 1 saturated heterocycles. The number of hydrogen-bond donors (Lipinski definition) is 4. The fourth-order valence-corrected chi connectivity index (χ4v) is 4.30. The van der Waals surface area contributed by atoms with E-state index < -0.39 is 36.7 Å². The summed E-state index contributed by atoms with van der Waals surface area (Å²) in [5.74, 6) is -1.80. The molecule has 158 valence electrons. The van der Waals surface area contributed by atoms with E-state index in [9.17, 15) is 24.3 Å². The lowest BCUT2D eigenvalue weighted by molar-refractivity contribution is -0.124. The van der Waals surface area contributed by atoms with Crippen LogP contribution in [0.1, 0.15) is 26.2 Å². The van der Waals surface area contributed by atoms with Gasteiger partial charge in [-0.3, -0.25) is 9.59 Å². The fourth-order valence-electron chi connectivity index (χ4n) is 4.30. The molecule has 0 saturated carbocycles. The fraction of sp³-hybridized carbons (Fsp3) is 0.600. The van der Waals surface area contributed by atoms with Crippen molar-refractivity contribution >= 4 is 23.7 Å². The van der Waals surface area contributed by atoms with Crippen LogP contribution in [0.5, 0.6) is 0 Å². The number of nitrogens with one attached hydrogen (secondary N) is 3. The highest BCUT2D eigenvalue weighted by molar-refractivity contribution is 6.02. The van der Waals surface area contributed by atoms with Gasteiger partial charge in [-0.2, -0.15) is 10.5 Å². The van der Waals surface area contributed by atoms with E-state index in [0.717, 1.165) is 0 Å². The van der Waals surface area contributed by atoms with Crippen LogP contribution >= 0.6 is 0 Å². The first kappa shape index (κ1) is 21.7. The molecule has 0 aliphatic carbocycles. The van der Waals surface area contributed by atoms with Gasteiger partial charge in [-0.05, 0) is 19.9 Å². The van der Waals surface area contributed by atoms with Crippen LogP contribution in [0.25, 0.3) is 0 Å². The van der Waals surface area contributed by atoms with Crippen LogP contribution < -0.4 is 20.6 Å². The molecule has 1 fully saturated rings. The molecule has 0 radical (unpaired) electrons. The number of aliphatic hydroxyl groups is 1. The summed E-state index contributed by atoms with van der Waals surface area (Å²) in [5.41, 5.74) is 0.909. The molecule has 0 spiro atoms. The van der Waals surface area contributed by atoms with Crippen LogP contribution in [-0.4, -0.2) is 66.3 Å². The molecule has 2 amide bonds. The van der Waals surface area contributed by atoms with Gasteiger partial charge >= 0.3 is 5.71 Å². The zero-order chi connectivity index (χ0) is 21.8. The predicted octanol–water partition coefficient (Wildman–Crippen LogP) is -1.37. The number of carbonyl (C=O) groups excluding carboxylic acids is 2. The quantitative estimate of drug-likeness (QED) is 0.407. The number of carbonyl (C=O) groups is 2. The van der Waals surface area contributed by atoms with Crippen LogP contribution in [-0.2, 0) is 9.59 Å². The average molecular weight is 415 g/mol. The van der Waals surface area contributed by atoms with Gasteiger partial charge in [0.1, 0.15) is 12.0 Å². The maximum atomic E-state index is 14.3. The minimum Gasteiger partial charge on any atom is -0.394 e. The second kappa shape index (κ2) is 9.19. The number of aliphatic hydroxyl groups excluding tert-OH is 1. The summed E-state index contributed by atoms with van der Waals surface area (Å²) in [6.45, 7) is 1.81. The van der Waals surface area contributed by atoms with Crippen molar-refractivity contribution in [3.8, 4) is 12.1 Å². The second-order valence-corrected chi connectivity index (χ2v) is 7.74. The third-order valence-electron chi connectivity index (χ3n) is 5.88. The number of fused-ring (bicyclic) bond motifs is 1. The van der Waals surface area contributed by atoms with Crippen molar-refractivity contribution in [2.75, 3.05) is 13.2 Å². The highest BCUT2D eigenvalue weighted by Crippen LogP contribution is 2.32. The monoisotopic (exact) mass is 415 g/mol. The van der Waals surface area contributed by atoms with Crippen LogP contribution in [0, 0.1) is 34.5 Å². The number of alkyl halides is 1. The van der Waals surface area contributed by atoms with E-state index in [1.807, 2.05) is 6.07 Å². The molecular formula is C20H24FN6O3+. The number of hydrogen-bond acceptors (Lipinski definition) is 6. The molecule has 10 heteroatoms. The molecule has 30 heavy (non-hydrogen) atoms. The van der Waals surface area contributed by atoms with Gasteiger partial charge in [-0.15, -0.1) is 0 Å². The Hall–Kier alpha value is -3.04. The van der Waals surface area contributed by atoms with Crippen LogP contribution in [0.2, 0.25) is 0 Å². The predicted molar refractivity (Wildman–Crippen MR) is 106 cm³/mol. The van der Waals surface area contributed by atoms with Crippen LogP contribution in [0.4, 0.5) is 4.39 Å². The van der Waals surface area contributed by atoms with Gasteiger partial charge in [0.2, 0.25) is 18.0 Å². The Morgan fingerprint density at radius 1 is 1.47 bits per heavy atom. The third-order valence-corrected chi connectivity index (χ3v) is 5.88. The van der Waals surface area contributed by atoms with Crippen LogP contribution in [0.3, 0.4) is 0 Å². The molecule has 0 aromatic rings. The highest BCUT2D eigenvalue weighted by atomic mass is 19.1. The Bertz CT molecular complexity index is 910. The summed E-state index contributed by atoms with van der Waals surface area (Å²) in [5, 5.41) is 36.4. The van der Waals surface area contributed by atoms with Gasteiger partial charge in [0, 0.05) is 24.0 Å². The van der Waals surface area contributed by atoms with Crippen molar-refractivity contribution in [1.82, 2.24) is 20.6 Å². The van der Waals surface area contributed by atoms with E-state index in [1.54, 1.807) is 6.92 Å². The Morgan fingerprint density at radius 3 is 2.87 bits per heavy atom. The summed E-state index contributed by atoms with van der Waals surface area (Å²) in [6.07, 6.45) is 0.0985. The Kier molecular flexibility index (Phi) is 6.63. The molecule has 3 aliphatic rings. The van der Waals surface area contributed by atoms with Crippen molar-refractivity contribution in [2.24, 2.45) is 11.8 Å². The number of piperidine rings is 1. The first-order valence-electron chi connectivity index (χ1n) is 9.87. The zero-order valence-electron chi connectivity index (χ0n) is 16.6. The first-order chi connectivity index (χ1) is 14.4. The van der Waals surface area contributed by atoms with E-state index >= 15 is 0 Å². The Balaban J connectivity index is 1.76. The summed E-state index contributed by atoms with van der Waals surface area (Å²) in [7, 11) is 0. The normalized spacial score (nSPS) is 31.6. The molecule has 0 aromatic heterocycles. The first-order valence-corrected chi connectivity index (χ1v) is 9.87. The molecule has 3 heterocycles. The summed E-state index contributed by atoms with van der Waals surface area (Å²) >= 11 is 0. The Morgan fingerprint density at radius 2 is 2.23 bits per heavy atom. The van der Waals surface area contributed by atoms with Crippen molar-refractivity contribution in [3.63, 3.8) is 0 Å². The van der Waals surface area contributed by atoms with Gasteiger partial charge in [0.25, 0.3) is 6.21 Å². The zero-order valence-corrected chi connectivity index (χ0v) is 16.6. The highest BCUT2D eigenvalue weighted by Gasteiger charge is 2.42. The lowest BCUT2D eigenvalue weighted by atomic mass is 9.76. The van der Waals surface area contributed by atoms with E-state index in [1.165, 1.54) is 6.21 Å². The van der Waals surface area contributed by atoms with Crippen molar-refractivity contribution in [1.29, 1.82) is 10.5 Å². The number of rotatable bonds is 5. The minimum absolute atomic E-state index is 0.0442. The molecule has 0 bridgehead atoms. The lowest BCUT2D eigenvalue weighted by Gasteiger charge is -2.41. The Labute approximate surface area is 173 Å². The van der Waals surface area contributed by atoms with Gasteiger partial charge in [0.15, 0.2) is 6.04 Å². The average Bonchev–Trinajstić information content (AvgIpc) is 2.74. The number of amides is 2. The SMILES string of the molecule is CC1=C(CC(=O)N[C@@H](CO)C2=[N+]=CC(C#N)CC2F)C(=O)NC2CCNC(C#N)C12. The molecule has 9 nitrogen and oxygen atoms in total. The van der Waals surface area contributed by atoms with E-state index in [4.69, 9.17) is 5.26 Å². The van der Waals surface area contributed by atoms with E-state index in [2.05, 4.69) is 26.7 Å². The van der Waals surface area contributed by atoms with Gasteiger partial charge in [0.05, 0.1) is 25.2 Å². The number of nitriles is 2. The van der Waals surface area contributed by atoms with Crippen molar-refractivity contribution < 1.29 is 19.1 Å². The maximum absolute atomic E-state index is 14.3. The molecule has 5 unspecified atom stereocenters. The topological polar surface area (TPSA) is 152 Å². The molecule has 3 rings (SSSR count). The molecule has 4 N–H and O–H groups in total. The van der Waals surface area contributed by atoms with Gasteiger partial charge in [-0.25, -0.2) is 4.39 Å². The summed E-state index contributed by atoms with van der Waals surface area (Å²) in [6, 6.07) is 2.46. The second-order valence-electron chi connectivity index (χ2n) is 7.74. The summed E-state index contributed by atoms with van der Waals surface area (Å²) < 4.78 is 18.3. The lowest BCUT2D eigenvalue weighted by Crippen LogP contribution is -2.58. The summed E-state index contributed by atoms with van der Waals surface area (Å²) in [4.78, 5) is 25.1. The number of halogens is 1. The standard InChI is InChI=1S/C20H23FN6O3/c1-10-12(20(30)27-14-2-3-24-15(7-23)18(10)14)5-17(29)26-16(9-28)19-13(21)4-11(6-22)8-25-19/h8,11,13-16,18,24,28H,2-5,9H2,1H3,(H-,26,27,29,30)/p+1/t11?,13?,14?,15?,16-,18?/m0/s1. The minimum atomic E-state index is -1.55. The van der Waals surface area contributed by atoms with E-state index in [-0.39, 0.29) is 42.0 Å². The molecule has 6 atom stereocenters. The smallest absolute Gasteiger partial charge is 0.338 e. The van der Waals surface area contributed by atoms with Crippen molar-refractivity contribution in [3.05, 3.63) is 11.1 Å². The van der Waals surface area contributed by atoms with E-state index in [0.29, 0.717) is 18.5 Å². The van der Waals surface area contributed by atoms with Crippen molar-refractivity contribution in [2.45, 2.75) is 50.5 Å². The molecule has 3 aliphatic heterocycles. The molecule has 0 aromatic carbocycles. The molecular weight excluding hydrogens is 391 g/mol. The van der Waals surface area contributed by atoms with Gasteiger partial charge in [-0.1, -0.05) is 10.2 Å². The third kappa shape index (κ3) is 4.27. The largest absolute Gasteiger partial charge is 0.394 e.